The Kier molecular flexibility index (Phi) is 8.10. The molecule has 29 heavy (non-hydrogen) atoms. The monoisotopic (exact) mass is 429 g/mol. The van der Waals surface area contributed by atoms with Crippen LogP contribution in [0.15, 0.2) is 0 Å². The lowest BCUT2D eigenvalue weighted by Gasteiger charge is -2.37. The summed E-state index contributed by atoms with van der Waals surface area (Å²) in [5.41, 5.74) is -1.86. The lowest BCUT2D eigenvalue weighted by atomic mass is 9.89. The second-order valence-electron chi connectivity index (χ2n) is 10.6. The fourth-order valence-corrected chi connectivity index (χ4v) is 4.11. The second-order valence-corrected chi connectivity index (χ2v) is 15.4. The van der Waals surface area contributed by atoms with Gasteiger partial charge in [0.2, 0.25) is 5.54 Å². The summed E-state index contributed by atoms with van der Waals surface area (Å²) in [6.07, 6.45) is 0.374. The van der Waals surface area contributed by atoms with Gasteiger partial charge in [-0.3, -0.25) is 9.69 Å². The highest BCUT2D eigenvalue weighted by Crippen LogP contribution is 2.37. The lowest BCUT2D eigenvalue weighted by Crippen LogP contribution is -2.57. The van der Waals surface area contributed by atoms with Gasteiger partial charge in [0.05, 0.1) is 6.61 Å². The van der Waals surface area contributed by atoms with E-state index in [2.05, 4.69) is 33.9 Å². The van der Waals surface area contributed by atoms with Crippen LogP contribution in [-0.2, 0) is 18.8 Å². The van der Waals surface area contributed by atoms with Crippen LogP contribution in [0.5, 0.6) is 0 Å². The van der Waals surface area contributed by atoms with E-state index in [0.717, 1.165) is 4.90 Å². The van der Waals surface area contributed by atoms with Crippen LogP contribution in [0, 0.1) is 5.41 Å². The molecule has 1 aliphatic heterocycles. The number of nitrogens with zero attached hydrogens (tertiary/aromatic N) is 1. The molecule has 7 nitrogen and oxygen atoms in total. The summed E-state index contributed by atoms with van der Waals surface area (Å²) in [5.74, 6) is -1.73. The molecule has 1 N–H and O–H groups in total. The number of carboxylic acid groups (broad SMARTS) is 1. The van der Waals surface area contributed by atoms with E-state index in [0.29, 0.717) is 19.4 Å². The number of hydrogen-bond donors (Lipinski definition) is 1. The van der Waals surface area contributed by atoms with Crippen molar-refractivity contribution in [2.24, 2.45) is 5.41 Å². The predicted molar refractivity (Wildman–Crippen MR) is 114 cm³/mol. The highest BCUT2D eigenvalue weighted by molar-refractivity contribution is 6.74. The molecule has 0 radical (unpaired) electrons. The van der Waals surface area contributed by atoms with Gasteiger partial charge < -0.3 is 14.3 Å². The average molecular weight is 430 g/mol. The van der Waals surface area contributed by atoms with Gasteiger partial charge in [0.1, 0.15) is 0 Å². The molecule has 1 atom stereocenters. The third-order valence-corrected chi connectivity index (χ3v) is 10.6. The zero-order chi connectivity index (χ0) is 22.7. The van der Waals surface area contributed by atoms with Gasteiger partial charge in [0.15, 0.2) is 14.1 Å². The lowest BCUT2D eigenvalue weighted by molar-refractivity contribution is -0.153. The van der Waals surface area contributed by atoms with Crippen molar-refractivity contribution >= 4 is 26.2 Å². The Morgan fingerprint density at radius 1 is 1.14 bits per heavy atom. The predicted octanol–water partition coefficient (Wildman–Crippen LogP) is 4.46. The molecule has 8 heteroatoms. The first-order valence-electron chi connectivity index (χ1n) is 10.4. The zero-order valence-corrected chi connectivity index (χ0v) is 20.4. The number of carbonyl (C=O) groups is 3. The van der Waals surface area contributed by atoms with Crippen LogP contribution in [0.3, 0.4) is 0 Å². The first kappa shape index (κ1) is 25.6. The fourth-order valence-electron chi connectivity index (χ4n) is 3.02. The molecule has 1 rings (SSSR count). The van der Waals surface area contributed by atoms with Gasteiger partial charge in [-0.1, -0.05) is 41.5 Å². The van der Waals surface area contributed by atoms with Crippen molar-refractivity contribution < 1.29 is 28.7 Å². The first-order valence-corrected chi connectivity index (χ1v) is 13.3. The van der Waals surface area contributed by atoms with Gasteiger partial charge in [-0.2, -0.15) is 0 Å². The Bertz CT molecular complexity index is 620. The Morgan fingerprint density at radius 3 is 2.21 bits per heavy atom. The molecule has 1 fully saturated rings. The Hall–Kier alpha value is -1.41. The number of aliphatic carboxylic acids is 1. The van der Waals surface area contributed by atoms with Crippen molar-refractivity contribution in [1.82, 2.24) is 4.90 Å². The third-order valence-electron chi connectivity index (χ3n) is 6.09. The molecule has 1 amide bonds. The minimum absolute atomic E-state index is 0.00786. The number of ether oxygens (including phenoxy) is 1. The number of carboxylic acids is 1. The van der Waals surface area contributed by atoms with Crippen LogP contribution in [-0.4, -0.2) is 61.5 Å². The number of hydrogen-bond acceptors (Lipinski definition) is 5. The molecule has 1 aliphatic rings. The maximum atomic E-state index is 12.6. The molecule has 1 saturated heterocycles. The van der Waals surface area contributed by atoms with Gasteiger partial charge in [-0.25, -0.2) is 9.59 Å². The highest BCUT2D eigenvalue weighted by Gasteiger charge is 2.57. The SMILES string of the molecule is CC(C)(C)CCOC(=O)N1CCC(=O)C1(CCCO[Si](C)(C)C(C)(C)C)C(=O)O. The molecule has 0 aromatic rings. The van der Waals surface area contributed by atoms with Crippen LogP contribution >= 0.6 is 0 Å². The summed E-state index contributed by atoms with van der Waals surface area (Å²) < 4.78 is 11.4. The Balaban J connectivity index is 2.82. The van der Waals surface area contributed by atoms with E-state index in [1.54, 1.807) is 0 Å². The Labute approximate surface area is 176 Å². The fraction of sp³-hybridized carbons (Fsp3) is 0.857. The van der Waals surface area contributed by atoms with Crippen molar-refractivity contribution in [3.63, 3.8) is 0 Å². The Morgan fingerprint density at radius 2 is 1.72 bits per heavy atom. The quantitative estimate of drug-likeness (QED) is 0.348. The van der Waals surface area contributed by atoms with Gasteiger partial charge in [0, 0.05) is 19.6 Å². The zero-order valence-electron chi connectivity index (χ0n) is 19.4. The van der Waals surface area contributed by atoms with E-state index in [1.165, 1.54) is 0 Å². The summed E-state index contributed by atoms with van der Waals surface area (Å²) in [6, 6.07) is 0. The van der Waals surface area contributed by atoms with Crippen LogP contribution in [0.1, 0.15) is 67.2 Å². The minimum Gasteiger partial charge on any atom is -0.479 e. The second kappa shape index (κ2) is 9.16. The first-order chi connectivity index (χ1) is 13.0. The van der Waals surface area contributed by atoms with Gasteiger partial charge >= 0.3 is 12.1 Å². The topological polar surface area (TPSA) is 93.1 Å². The van der Waals surface area contributed by atoms with Crippen LogP contribution in [0.4, 0.5) is 4.79 Å². The summed E-state index contributed by atoms with van der Waals surface area (Å²) >= 11 is 0. The number of likely N-dealkylation sites (tertiary alicyclic amines) is 1. The van der Waals surface area contributed by atoms with E-state index in [1.807, 2.05) is 20.8 Å². The molecule has 0 spiro atoms. The molecular formula is C21H39NO6Si. The van der Waals surface area contributed by atoms with E-state index in [-0.39, 0.29) is 36.4 Å². The molecule has 0 aromatic carbocycles. The van der Waals surface area contributed by atoms with Gasteiger partial charge in [-0.15, -0.1) is 0 Å². The number of ketones is 1. The molecule has 0 saturated carbocycles. The summed E-state index contributed by atoms with van der Waals surface area (Å²) in [6.45, 7) is 17.4. The van der Waals surface area contributed by atoms with Gasteiger partial charge in [-0.05, 0) is 42.8 Å². The molecule has 1 heterocycles. The summed E-state index contributed by atoms with van der Waals surface area (Å²) in [7, 11) is -1.96. The van der Waals surface area contributed by atoms with E-state index < -0.39 is 31.7 Å². The van der Waals surface area contributed by atoms with E-state index in [9.17, 15) is 19.5 Å². The minimum atomic E-state index is -1.96. The highest BCUT2D eigenvalue weighted by atomic mass is 28.4. The van der Waals surface area contributed by atoms with Crippen molar-refractivity contribution in [3.8, 4) is 0 Å². The van der Waals surface area contributed by atoms with E-state index in [4.69, 9.17) is 9.16 Å². The molecule has 168 valence electrons. The van der Waals surface area contributed by atoms with Crippen molar-refractivity contribution in [2.75, 3.05) is 19.8 Å². The van der Waals surface area contributed by atoms with Crippen molar-refractivity contribution in [2.45, 2.75) is 90.9 Å². The summed E-state index contributed by atoms with van der Waals surface area (Å²) in [4.78, 5) is 38.4. The number of carbonyl (C=O) groups excluding carboxylic acids is 2. The van der Waals surface area contributed by atoms with Crippen molar-refractivity contribution in [1.29, 1.82) is 0 Å². The van der Waals surface area contributed by atoms with Crippen molar-refractivity contribution in [3.05, 3.63) is 0 Å². The average Bonchev–Trinajstić information content (AvgIpc) is 2.87. The van der Waals surface area contributed by atoms with Crippen LogP contribution < -0.4 is 0 Å². The normalized spacial score (nSPS) is 20.8. The van der Waals surface area contributed by atoms with Gasteiger partial charge in [0.25, 0.3) is 0 Å². The third kappa shape index (κ3) is 6.28. The molecule has 0 bridgehead atoms. The summed E-state index contributed by atoms with van der Waals surface area (Å²) in [5, 5.41) is 9.94. The maximum absolute atomic E-state index is 12.6. The molecule has 1 unspecified atom stereocenters. The standard InChI is InChI=1S/C21H39NO6Si/c1-19(2,3)12-15-27-18(26)22-13-10-16(23)21(22,17(24)25)11-9-14-28-29(7,8)20(4,5)6/h9-15H2,1-8H3,(H,24,25). The molecule has 0 aromatic heterocycles. The van der Waals surface area contributed by atoms with Crippen LogP contribution in [0.25, 0.3) is 0 Å². The van der Waals surface area contributed by atoms with Crippen LogP contribution in [0.2, 0.25) is 18.1 Å². The number of rotatable bonds is 8. The number of amides is 1. The maximum Gasteiger partial charge on any atom is 0.411 e. The molecular weight excluding hydrogens is 390 g/mol. The van der Waals surface area contributed by atoms with E-state index >= 15 is 0 Å². The number of Topliss-reactive ketones (excluding diaryl/α,β-unsaturated/α-hetero) is 1. The largest absolute Gasteiger partial charge is 0.479 e. The smallest absolute Gasteiger partial charge is 0.411 e. The molecule has 0 aliphatic carbocycles.